The van der Waals surface area contributed by atoms with Gasteiger partial charge in [0.15, 0.2) is 5.01 Å². The summed E-state index contributed by atoms with van der Waals surface area (Å²) in [5.74, 6) is 2.57. The van der Waals surface area contributed by atoms with Gasteiger partial charge in [-0.3, -0.25) is 4.79 Å². The molecule has 4 fully saturated rings. The van der Waals surface area contributed by atoms with Gasteiger partial charge in [0, 0.05) is 5.54 Å². The van der Waals surface area contributed by atoms with E-state index in [9.17, 15) is 4.79 Å². The number of nitrogens with zero attached hydrogens (tertiary/aromatic N) is 1. The van der Waals surface area contributed by atoms with Crippen LogP contribution in [0.2, 0.25) is 0 Å². The van der Waals surface area contributed by atoms with E-state index in [2.05, 4.69) is 36.5 Å². The highest BCUT2D eigenvalue weighted by Crippen LogP contribution is 2.55. The molecule has 2 aromatic rings. The van der Waals surface area contributed by atoms with Crippen LogP contribution in [0, 0.1) is 17.8 Å². The summed E-state index contributed by atoms with van der Waals surface area (Å²) in [6.45, 7) is 2.23. The molecule has 1 amide bonds. The maximum absolute atomic E-state index is 13.3. The van der Waals surface area contributed by atoms with Gasteiger partial charge in [-0.1, -0.05) is 50.1 Å². The van der Waals surface area contributed by atoms with Crippen LogP contribution in [-0.2, 0) is 6.42 Å². The number of thiazole rings is 1. The third-order valence-electron chi connectivity index (χ3n) is 7.36. The van der Waals surface area contributed by atoms with Crippen LogP contribution in [0.4, 0.5) is 0 Å². The number of unbranched alkanes of at least 4 members (excludes halogenated alkanes) is 2. The fourth-order valence-electron chi connectivity index (χ4n) is 6.53. The summed E-state index contributed by atoms with van der Waals surface area (Å²) in [6.07, 6.45) is 12.2. The molecule has 4 bridgehead atoms. The predicted octanol–water partition coefficient (Wildman–Crippen LogP) is 6.24. The first-order valence-corrected chi connectivity index (χ1v) is 12.3. The fraction of sp³-hybridized carbons (Fsp3) is 0.600. The summed E-state index contributed by atoms with van der Waals surface area (Å²) < 4.78 is 0. The largest absolute Gasteiger partial charge is 0.345 e. The maximum atomic E-state index is 13.3. The van der Waals surface area contributed by atoms with Crippen LogP contribution in [0.15, 0.2) is 30.3 Å². The van der Waals surface area contributed by atoms with Gasteiger partial charge in [0.2, 0.25) is 0 Å². The van der Waals surface area contributed by atoms with E-state index in [-0.39, 0.29) is 11.4 Å². The van der Waals surface area contributed by atoms with Gasteiger partial charge in [0.05, 0.1) is 10.6 Å². The van der Waals surface area contributed by atoms with Crippen molar-refractivity contribution in [2.75, 3.05) is 0 Å². The molecule has 0 unspecified atom stereocenters. The lowest BCUT2D eigenvalue weighted by molar-refractivity contribution is -0.0167. The van der Waals surface area contributed by atoms with Crippen molar-refractivity contribution in [1.29, 1.82) is 0 Å². The monoisotopic (exact) mass is 408 g/mol. The van der Waals surface area contributed by atoms with Crippen molar-refractivity contribution >= 4 is 17.2 Å². The van der Waals surface area contributed by atoms with E-state index in [1.807, 2.05) is 6.07 Å². The van der Waals surface area contributed by atoms with Crippen molar-refractivity contribution in [3.63, 3.8) is 0 Å². The SMILES string of the molecule is CCCCCc1nc(C(=O)NC23CC4CC(CC(C4)C2)C3)sc1-c1ccccc1. The summed E-state index contributed by atoms with van der Waals surface area (Å²) in [6, 6.07) is 10.5. The molecule has 0 atom stereocenters. The summed E-state index contributed by atoms with van der Waals surface area (Å²) in [4.78, 5) is 19.3. The van der Waals surface area contributed by atoms with Crippen molar-refractivity contribution in [3.05, 3.63) is 41.0 Å². The van der Waals surface area contributed by atoms with E-state index in [0.717, 1.165) is 36.3 Å². The molecular formula is C25H32N2OS. The van der Waals surface area contributed by atoms with E-state index in [0.29, 0.717) is 5.01 Å². The van der Waals surface area contributed by atoms with Crippen molar-refractivity contribution in [2.45, 2.75) is 76.7 Å². The number of aryl methyl sites for hydroxylation is 1. The van der Waals surface area contributed by atoms with Gasteiger partial charge in [0.25, 0.3) is 5.91 Å². The molecule has 0 spiro atoms. The van der Waals surface area contributed by atoms with Crippen molar-refractivity contribution in [3.8, 4) is 10.4 Å². The highest BCUT2D eigenvalue weighted by atomic mass is 32.1. The number of hydrogen-bond donors (Lipinski definition) is 1. The normalized spacial score (nSPS) is 29.9. The lowest BCUT2D eigenvalue weighted by Crippen LogP contribution is -2.59. The highest BCUT2D eigenvalue weighted by Gasteiger charge is 2.51. The fourth-order valence-corrected chi connectivity index (χ4v) is 7.55. The van der Waals surface area contributed by atoms with Crippen LogP contribution in [0.25, 0.3) is 10.4 Å². The minimum absolute atomic E-state index is 0.0484. The Kier molecular flexibility index (Phi) is 5.23. The molecule has 154 valence electrons. The Morgan fingerprint density at radius 3 is 2.34 bits per heavy atom. The van der Waals surface area contributed by atoms with Crippen molar-refractivity contribution < 1.29 is 4.79 Å². The Hall–Kier alpha value is -1.68. The van der Waals surface area contributed by atoms with E-state index < -0.39 is 0 Å². The molecule has 3 nitrogen and oxygen atoms in total. The molecule has 4 aliphatic rings. The van der Waals surface area contributed by atoms with Crippen LogP contribution in [0.3, 0.4) is 0 Å². The standard InChI is InChI=1S/C25H32N2OS/c1-2-3-5-10-21-22(20-8-6-4-7-9-20)29-24(26-21)23(28)27-25-14-17-11-18(15-25)13-19(12-17)16-25/h4,6-9,17-19H,2-3,5,10-16H2,1H3,(H,27,28). The molecule has 1 aromatic heterocycles. The first kappa shape index (κ1) is 19.3. The Balaban J connectivity index is 1.38. The summed E-state index contributed by atoms with van der Waals surface area (Å²) >= 11 is 1.58. The van der Waals surface area contributed by atoms with Gasteiger partial charge in [-0.25, -0.2) is 4.98 Å². The van der Waals surface area contributed by atoms with Crippen LogP contribution >= 0.6 is 11.3 Å². The van der Waals surface area contributed by atoms with E-state index in [4.69, 9.17) is 4.98 Å². The van der Waals surface area contributed by atoms with Crippen LogP contribution < -0.4 is 5.32 Å². The van der Waals surface area contributed by atoms with E-state index in [1.54, 1.807) is 11.3 Å². The zero-order chi connectivity index (χ0) is 19.8. The third kappa shape index (κ3) is 3.88. The Morgan fingerprint density at radius 2 is 1.72 bits per heavy atom. The minimum atomic E-state index is 0.0484. The summed E-state index contributed by atoms with van der Waals surface area (Å²) in [5.41, 5.74) is 2.34. The average Bonchev–Trinajstić information content (AvgIpc) is 3.12. The number of amides is 1. The minimum Gasteiger partial charge on any atom is -0.345 e. The lowest BCUT2D eigenvalue weighted by Gasteiger charge is -2.56. The summed E-state index contributed by atoms with van der Waals surface area (Å²) in [7, 11) is 0. The van der Waals surface area contributed by atoms with Gasteiger partial charge in [-0.2, -0.15) is 0 Å². The second-order valence-corrected chi connectivity index (χ2v) is 10.8. The van der Waals surface area contributed by atoms with Crippen molar-refractivity contribution in [1.82, 2.24) is 10.3 Å². The quantitative estimate of drug-likeness (QED) is 0.551. The molecule has 0 saturated heterocycles. The first-order chi connectivity index (χ1) is 14.1. The molecule has 1 heterocycles. The van der Waals surface area contributed by atoms with Gasteiger partial charge < -0.3 is 5.32 Å². The second-order valence-electron chi connectivity index (χ2n) is 9.77. The van der Waals surface area contributed by atoms with Crippen LogP contribution in [0.1, 0.15) is 80.2 Å². The second kappa shape index (κ2) is 7.86. The average molecular weight is 409 g/mol. The number of carbonyl (C=O) groups is 1. The Bertz CT molecular complexity index is 837. The molecule has 4 heteroatoms. The van der Waals surface area contributed by atoms with Gasteiger partial charge in [0.1, 0.15) is 0 Å². The molecule has 4 aliphatic carbocycles. The molecule has 29 heavy (non-hydrogen) atoms. The Morgan fingerprint density at radius 1 is 1.07 bits per heavy atom. The molecule has 1 N–H and O–H groups in total. The molecule has 0 radical (unpaired) electrons. The molecule has 4 saturated carbocycles. The number of nitrogens with one attached hydrogen (secondary N) is 1. The molecule has 6 rings (SSSR count). The van der Waals surface area contributed by atoms with E-state index in [1.165, 1.54) is 61.8 Å². The Labute approximate surface area is 178 Å². The van der Waals surface area contributed by atoms with Crippen LogP contribution in [0.5, 0.6) is 0 Å². The summed E-state index contributed by atoms with van der Waals surface area (Å²) in [5, 5.41) is 4.17. The predicted molar refractivity (Wildman–Crippen MR) is 119 cm³/mol. The zero-order valence-electron chi connectivity index (χ0n) is 17.5. The number of benzene rings is 1. The first-order valence-electron chi connectivity index (χ1n) is 11.5. The smallest absolute Gasteiger partial charge is 0.280 e. The van der Waals surface area contributed by atoms with Gasteiger partial charge in [-0.15, -0.1) is 11.3 Å². The number of carbonyl (C=O) groups excluding carboxylic acids is 1. The molecular weight excluding hydrogens is 376 g/mol. The lowest BCUT2D eigenvalue weighted by atomic mass is 9.53. The topological polar surface area (TPSA) is 42.0 Å². The van der Waals surface area contributed by atoms with Crippen LogP contribution in [-0.4, -0.2) is 16.4 Å². The zero-order valence-corrected chi connectivity index (χ0v) is 18.3. The van der Waals surface area contributed by atoms with Crippen molar-refractivity contribution in [2.24, 2.45) is 17.8 Å². The molecule has 1 aromatic carbocycles. The third-order valence-corrected chi connectivity index (χ3v) is 8.51. The molecule has 0 aliphatic heterocycles. The highest BCUT2D eigenvalue weighted by molar-refractivity contribution is 7.17. The number of hydrogen-bond acceptors (Lipinski definition) is 3. The maximum Gasteiger partial charge on any atom is 0.280 e. The van der Waals surface area contributed by atoms with Gasteiger partial charge in [-0.05, 0) is 74.7 Å². The number of rotatable bonds is 7. The number of aromatic nitrogens is 1. The van der Waals surface area contributed by atoms with E-state index >= 15 is 0 Å². The van der Waals surface area contributed by atoms with Gasteiger partial charge >= 0.3 is 0 Å².